The lowest BCUT2D eigenvalue weighted by atomic mass is 10.1. The smallest absolute Gasteiger partial charge is 0.129 e. The molecule has 1 heterocycles. The molecule has 0 fully saturated rings. The van der Waals surface area contributed by atoms with Crippen LogP contribution in [-0.4, -0.2) is 23.5 Å². The molecule has 0 radical (unpaired) electrons. The third-order valence-corrected chi connectivity index (χ3v) is 3.82. The number of halogens is 1. The van der Waals surface area contributed by atoms with Crippen molar-refractivity contribution in [3.63, 3.8) is 0 Å². The summed E-state index contributed by atoms with van der Waals surface area (Å²) in [5, 5.41) is 1.16. The van der Waals surface area contributed by atoms with Crippen molar-refractivity contribution >= 4 is 28.3 Å². The predicted molar refractivity (Wildman–Crippen MR) is 74.9 cm³/mol. The van der Waals surface area contributed by atoms with Crippen LogP contribution in [0.4, 0.5) is 5.82 Å². The predicted octanol–water partition coefficient (Wildman–Crippen LogP) is 3.69. The summed E-state index contributed by atoms with van der Waals surface area (Å²) in [6.07, 6.45) is 0. The molecular weight excluding hydrogens is 232 g/mol. The summed E-state index contributed by atoms with van der Waals surface area (Å²) in [6, 6.07) is 12.3. The second-order valence-corrected chi connectivity index (χ2v) is 5.13. The van der Waals surface area contributed by atoms with E-state index in [1.165, 1.54) is 0 Å². The van der Waals surface area contributed by atoms with Crippen LogP contribution in [0.3, 0.4) is 0 Å². The highest BCUT2D eigenvalue weighted by Gasteiger charge is 2.23. The van der Waals surface area contributed by atoms with E-state index in [1.54, 1.807) is 0 Å². The molecule has 0 bridgehead atoms. The van der Waals surface area contributed by atoms with Gasteiger partial charge >= 0.3 is 0 Å². The molecule has 0 spiro atoms. The van der Waals surface area contributed by atoms with E-state index in [2.05, 4.69) is 35.9 Å². The Kier molecular flexibility index (Phi) is 3.25. The van der Waals surface area contributed by atoms with Gasteiger partial charge < -0.3 is 4.90 Å². The topological polar surface area (TPSA) is 16.1 Å². The summed E-state index contributed by atoms with van der Waals surface area (Å²) in [5.74, 6) is 1.52. The summed E-state index contributed by atoms with van der Waals surface area (Å²) in [5.41, 5.74) is 0.916. The number of rotatable bonds is 3. The van der Waals surface area contributed by atoms with Crippen LogP contribution in [0.15, 0.2) is 36.4 Å². The number of para-hydroxylation sites is 1. The Bertz CT molecular complexity index is 522. The standard InChI is InChI=1S/C14H17ClN2/c1-14(2,10-15)17(3)13-9-8-11-6-4-5-7-12(11)16-13/h4-9H,10H2,1-3H3. The minimum Gasteiger partial charge on any atom is -0.353 e. The van der Waals surface area contributed by atoms with Gasteiger partial charge in [-0.2, -0.15) is 0 Å². The molecule has 0 unspecified atom stereocenters. The van der Waals surface area contributed by atoms with E-state index in [0.717, 1.165) is 16.7 Å². The first-order chi connectivity index (χ1) is 8.04. The van der Waals surface area contributed by atoms with E-state index in [0.29, 0.717) is 5.88 Å². The third kappa shape index (κ3) is 2.37. The number of anilines is 1. The highest BCUT2D eigenvalue weighted by Crippen LogP contribution is 2.23. The molecule has 0 atom stereocenters. The molecule has 0 saturated heterocycles. The van der Waals surface area contributed by atoms with Gasteiger partial charge in [-0.05, 0) is 32.0 Å². The van der Waals surface area contributed by atoms with Crippen molar-refractivity contribution in [2.45, 2.75) is 19.4 Å². The van der Waals surface area contributed by atoms with Gasteiger partial charge in [0.15, 0.2) is 0 Å². The molecule has 0 saturated carbocycles. The van der Waals surface area contributed by atoms with E-state index in [-0.39, 0.29) is 5.54 Å². The van der Waals surface area contributed by atoms with Crippen molar-refractivity contribution in [3.05, 3.63) is 36.4 Å². The summed E-state index contributed by atoms with van der Waals surface area (Å²) in [4.78, 5) is 6.77. The minimum atomic E-state index is -0.100. The van der Waals surface area contributed by atoms with Crippen LogP contribution in [0.5, 0.6) is 0 Å². The summed E-state index contributed by atoms with van der Waals surface area (Å²) < 4.78 is 0. The zero-order valence-corrected chi connectivity index (χ0v) is 11.2. The number of nitrogens with zero attached hydrogens (tertiary/aromatic N) is 2. The van der Waals surface area contributed by atoms with E-state index >= 15 is 0 Å². The van der Waals surface area contributed by atoms with Crippen LogP contribution in [0.1, 0.15) is 13.8 Å². The SMILES string of the molecule is CN(c1ccc2ccccc2n1)C(C)(C)CCl. The fraction of sp³-hybridized carbons (Fsp3) is 0.357. The molecule has 17 heavy (non-hydrogen) atoms. The molecule has 2 aromatic rings. The van der Waals surface area contributed by atoms with Gasteiger partial charge in [0, 0.05) is 23.9 Å². The van der Waals surface area contributed by atoms with Crippen molar-refractivity contribution < 1.29 is 0 Å². The first kappa shape index (κ1) is 12.2. The Morgan fingerprint density at radius 2 is 1.88 bits per heavy atom. The number of pyridine rings is 1. The normalized spacial score (nSPS) is 11.8. The molecule has 1 aromatic heterocycles. The van der Waals surface area contributed by atoms with Crippen molar-refractivity contribution in [3.8, 4) is 0 Å². The Balaban J connectivity index is 2.43. The Morgan fingerprint density at radius 3 is 2.59 bits per heavy atom. The molecule has 0 amide bonds. The lowest BCUT2D eigenvalue weighted by Gasteiger charge is -2.34. The summed E-state index contributed by atoms with van der Waals surface area (Å²) in [7, 11) is 2.03. The third-order valence-electron chi connectivity index (χ3n) is 3.16. The minimum absolute atomic E-state index is 0.100. The van der Waals surface area contributed by atoms with Crippen molar-refractivity contribution in [1.82, 2.24) is 4.98 Å². The number of benzene rings is 1. The van der Waals surface area contributed by atoms with Gasteiger partial charge in [-0.15, -0.1) is 11.6 Å². The van der Waals surface area contributed by atoms with E-state index in [9.17, 15) is 0 Å². The van der Waals surface area contributed by atoms with Crippen molar-refractivity contribution in [2.24, 2.45) is 0 Å². The van der Waals surface area contributed by atoms with Gasteiger partial charge in [-0.3, -0.25) is 0 Å². The van der Waals surface area contributed by atoms with E-state index < -0.39 is 0 Å². The highest BCUT2D eigenvalue weighted by atomic mass is 35.5. The van der Waals surface area contributed by atoms with Crippen molar-refractivity contribution in [1.29, 1.82) is 0 Å². The van der Waals surface area contributed by atoms with Gasteiger partial charge in [0.05, 0.1) is 5.52 Å². The Hall–Kier alpha value is -1.28. The first-order valence-corrected chi connectivity index (χ1v) is 6.24. The molecule has 0 aliphatic rings. The lowest BCUT2D eigenvalue weighted by Crippen LogP contribution is -2.43. The fourth-order valence-electron chi connectivity index (χ4n) is 1.64. The maximum atomic E-state index is 5.99. The van der Waals surface area contributed by atoms with Gasteiger partial charge in [-0.25, -0.2) is 4.98 Å². The lowest BCUT2D eigenvalue weighted by molar-refractivity contribution is 0.541. The summed E-state index contributed by atoms with van der Waals surface area (Å²) in [6.45, 7) is 4.22. The van der Waals surface area contributed by atoms with Crippen molar-refractivity contribution in [2.75, 3.05) is 17.8 Å². The van der Waals surface area contributed by atoms with Crippen LogP contribution in [0, 0.1) is 0 Å². The largest absolute Gasteiger partial charge is 0.353 e. The Labute approximate surface area is 107 Å². The summed E-state index contributed by atoms with van der Waals surface area (Å²) >= 11 is 5.99. The molecule has 2 nitrogen and oxygen atoms in total. The molecular formula is C14H17ClN2. The van der Waals surface area contributed by atoms with E-state index in [1.807, 2.05) is 31.3 Å². The van der Waals surface area contributed by atoms with Gasteiger partial charge in [-0.1, -0.05) is 18.2 Å². The molecule has 0 aliphatic carbocycles. The van der Waals surface area contributed by atoms with E-state index in [4.69, 9.17) is 11.6 Å². The molecule has 90 valence electrons. The number of aromatic nitrogens is 1. The van der Waals surface area contributed by atoms with Crippen LogP contribution in [0.2, 0.25) is 0 Å². The molecule has 0 aliphatic heterocycles. The first-order valence-electron chi connectivity index (χ1n) is 5.70. The number of fused-ring (bicyclic) bond motifs is 1. The zero-order chi connectivity index (χ0) is 12.5. The van der Waals surface area contributed by atoms with Crippen LogP contribution in [0.25, 0.3) is 10.9 Å². The van der Waals surface area contributed by atoms with Crippen LogP contribution in [-0.2, 0) is 0 Å². The average Bonchev–Trinajstić information content (AvgIpc) is 2.37. The van der Waals surface area contributed by atoms with Gasteiger partial charge in [0.25, 0.3) is 0 Å². The zero-order valence-electron chi connectivity index (χ0n) is 10.4. The number of hydrogen-bond donors (Lipinski definition) is 0. The number of alkyl halides is 1. The van der Waals surface area contributed by atoms with Crippen LogP contribution < -0.4 is 4.90 Å². The monoisotopic (exact) mass is 248 g/mol. The highest BCUT2D eigenvalue weighted by molar-refractivity contribution is 6.18. The second kappa shape index (κ2) is 4.53. The van der Waals surface area contributed by atoms with Crippen LogP contribution >= 0.6 is 11.6 Å². The average molecular weight is 249 g/mol. The molecule has 1 aromatic carbocycles. The quantitative estimate of drug-likeness (QED) is 0.771. The molecule has 2 rings (SSSR count). The molecule has 0 N–H and O–H groups in total. The second-order valence-electron chi connectivity index (χ2n) is 4.87. The Morgan fingerprint density at radius 1 is 1.18 bits per heavy atom. The fourth-order valence-corrected chi connectivity index (χ4v) is 1.82. The van der Waals surface area contributed by atoms with Gasteiger partial charge in [0.2, 0.25) is 0 Å². The van der Waals surface area contributed by atoms with Gasteiger partial charge in [0.1, 0.15) is 5.82 Å². The number of hydrogen-bond acceptors (Lipinski definition) is 2. The molecule has 3 heteroatoms. The maximum Gasteiger partial charge on any atom is 0.129 e. The maximum absolute atomic E-state index is 5.99.